The van der Waals surface area contributed by atoms with Gasteiger partial charge in [-0.1, -0.05) is 15.9 Å². The van der Waals surface area contributed by atoms with Gasteiger partial charge in [-0.05, 0) is 37.5 Å². The van der Waals surface area contributed by atoms with Crippen LogP contribution in [0.3, 0.4) is 0 Å². The minimum absolute atomic E-state index is 0.0505. The second-order valence-corrected chi connectivity index (χ2v) is 5.88. The molecule has 114 valence electrons. The van der Waals surface area contributed by atoms with Crippen LogP contribution in [0, 0.1) is 0 Å². The lowest BCUT2D eigenvalue weighted by Crippen LogP contribution is -2.37. The van der Waals surface area contributed by atoms with E-state index in [0.29, 0.717) is 4.47 Å². The van der Waals surface area contributed by atoms with Gasteiger partial charge in [-0.25, -0.2) is 9.59 Å². The summed E-state index contributed by atoms with van der Waals surface area (Å²) in [7, 11) is 1.66. The maximum absolute atomic E-state index is 12.0. The predicted molar refractivity (Wildman–Crippen MR) is 81.7 cm³/mol. The number of ether oxygens (including phenoxy) is 1. The molecule has 1 aliphatic rings. The molecule has 0 spiro atoms. The summed E-state index contributed by atoms with van der Waals surface area (Å²) in [6.07, 6.45) is 2.72. The van der Waals surface area contributed by atoms with E-state index in [1.165, 1.54) is 6.07 Å². The van der Waals surface area contributed by atoms with Crippen LogP contribution in [0.4, 0.5) is 10.5 Å². The topological polar surface area (TPSA) is 87.7 Å². The third kappa shape index (κ3) is 4.18. The SMILES string of the molecule is COC1CCC(NC(=O)Nc2cc(Br)ccc2C(=O)O)C1. The Kier molecular flexibility index (Phi) is 5.19. The van der Waals surface area contributed by atoms with Crippen molar-refractivity contribution < 1.29 is 19.4 Å². The molecule has 21 heavy (non-hydrogen) atoms. The van der Waals surface area contributed by atoms with Gasteiger partial charge in [0, 0.05) is 17.6 Å². The first-order valence-corrected chi connectivity index (χ1v) is 7.42. The number of hydrogen-bond donors (Lipinski definition) is 3. The Morgan fingerprint density at radius 2 is 2.14 bits per heavy atom. The van der Waals surface area contributed by atoms with Crippen molar-refractivity contribution in [3.8, 4) is 0 Å². The highest BCUT2D eigenvalue weighted by Gasteiger charge is 2.25. The summed E-state index contributed by atoms with van der Waals surface area (Å²) in [6, 6.07) is 4.27. The minimum Gasteiger partial charge on any atom is -0.478 e. The average Bonchev–Trinajstić information content (AvgIpc) is 2.85. The number of aromatic carboxylic acids is 1. The maximum Gasteiger partial charge on any atom is 0.337 e. The van der Waals surface area contributed by atoms with E-state index in [1.54, 1.807) is 19.2 Å². The monoisotopic (exact) mass is 356 g/mol. The van der Waals surface area contributed by atoms with Crippen molar-refractivity contribution in [2.45, 2.75) is 31.4 Å². The molecule has 0 aromatic heterocycles. The summed E-state index contributed by atoms with van der Waals surface area (Å²) < 4.78 is 5.95. The van der Waals surface area contributed by atoms with Gasteiger partial charge in [-0.3, -0.25) is 0 Å². The molecule has 1 aromatic carbocycles. The van der Waals surface area contributed by atoms with Gasteiger partial charge in [0.1, 0.15) is 0 Å². The van der Waals surface area contributed by atoms with Gasteiger partial charge in [-0.2, -0.15) is 0 Å². The van der Waals surface area contributed by atoms with E-state index >= 15 is 0 Å². The molecule has 6 nitrogen and oxygen atoms in total. The normalized spacial score (nSPS) is 21.0. The number of carboxylic acid groups (broad SMARTS) is 1. The first-order valence-electron chi connectivity index (χ1n) is 6.62. The third-order valence-electron chi connectivity index (χ3n) is 3.51. The first-order chi connectivity index (χ1) is 9.99. The fourth-order valence-electron chi connectivity index (χ4n) is 2.44. The van der Waals surface area contributed by atoms with Gasteiger partial charge < -0.3 is 20.5 Å². The maximum atomic E-state index is 12.0. The summed E-state index contributed by atoms with van der Waals surface area (Å²) in [5.74, 6) is -1.09. The van der Waals surface area contributed by atoms with Crippen molar-refractivity contribution in [1.82, 2.24) is 5.32 Å². The van der Waals surface area contributed by atoms with E-state index in [0.717, 1.165) is 19.3 Å². The van der Waals surface area contributed by atoms with E-state index in [2.05, 4.69) is 26.6 Å². The summed E-state index contributed by atoms with van der Waals surface area (Å²) in [5, 5.41) is 14.5. The summed E-state index contributed by atoms with van der Waals surface area (Å²) in [4.78, 5) is 23.1. The minimum atomic E-state index is -1.09. The first kappa shape index (κ1) is 15.8. The number of hydrogen-bond acceptors (Lipinski definition) is 3. The molecule has 0 aliphatic heterocycles. The van der Waals surface area contributed by atoms with Crippen molar-refractivity contribution in [2.24, 2.45) is 0 Å². The van der Waals surface area contributed by atoms with Crippen molar-refractivity contribution in [3.63, 3.8) is 0 Å². The molecule has 0 bridgehead atoms. The van der Waals surface area contributed by atoms with Crippen LogP contribution in [0.2, 0.25) is 0 Å². The van der Waals surface area contributed by atoms with E-state index in [9.17, 15) is 9.59 Å². The van der Waals surface area contributed by atoms with Crippen LogP contribution in [0.1, 0.15) is 29.6 Å². The fraction of sp³-hybridized carbons (Fsp3) is 0.429. The number of methoxy groups -OCH3 is 1. The highest BCUT2D eigenvalue weighted by atomic mass is 79.9. The fourth-order valence-corrected chi connectivity index (χ4v) is 2.80. The lowest BCUT2D eigenvalue weighted by atomic mass is 10.2. The Hall–Kier alpha value is -1.60. The van der Waals surface area contributed by atoms with Crippen molar-refractivity contribution in [2.75, 3.05) is 12.4 Å². The van der Waals surface area contributed by atoms with Crippen molar-refractivity contribution >= 4 is 33.6 Å². The van der Waals surface area contributed by atoms with Crippen LogP contribution >= 0.6 is 15.9 Å². The number of anilines is 1. The lowest BCUT2D eigenvalue weighted by molar-refractivity contribution is 0.0698. The zero-order valence-electron chi connectivity index (χ0n) is 11.6. The molecule has 2 rings (SSSR count). The smallest absolute Gasteiger partial charge is 0.337 e. The highest BCUT2D eigenvalue weighted by Crippen LogP contribution is 2.23. The number of halogens is 1. The molecule has 0 radical (unpaired) electrons. The van der Waals surface area contributed by atoms with E-state index in [4.69, 9.17) is 9.84 Å². The summed E-state index contributed by atoms with van der Waals surface area (Å²) in [5.41, 5.74) is 0.310. The summed E-state index contributed by atoms with van der Waals surface area (Å²) >= 11 is 3.26. The van der Waals surface area contributed by atoms with E-state index < -0.39 is 12.0 Å². The number of carbonyl (C=O) groups excluding carboxylic acids is 1. The number of benzene rings is 1. The Morgan fingerprint density at radius 1 is 1.38 bits per heavy atom. The molecule has 3 N–H and O–H groups in total. The Balaban J connectivity index is 2.00. The van der Waals surface area contributed by atoms with Gasteiger partial charge in [0.15, 0.2) is 0 Å². The molecular formula is C14H17BrN2O4. The molecule has 0 heterocycles. The molecule has 1 aliphatic carbocycles. The van der Waals surface area contributed by atoms with Crippen LogP contribution in [0.15, 0.2) is 22.7 Å². The van der Waals surface area contributed by atoms with Crippen LogP contribution in [0.25, 0.3) is 0 Å². The number of amides is 2. The van der Waals surface area contributed by atoms with E-state index in [-0.39, 0.29) is 23.4 Å². The molecule has 7 heteroatoms. The zero-order chi connectivity index (χ0) is 15.4. The standard InChI is InChI=1S/C14H17BrN2O4/c1-21-10-4-3-9(7-10)16-14(20)17-12-6-8(15)2-5-11(12)13(18)19/h2,5-6,9-10H,3-4,7H2,1H3,(H,18,19)(H2,16,17,20). The molecule has 2 atom stereocenters. The van der Waals surface area contributed by atoms with Crippen molar-refractivity contribution in [3.05, 3.63) is 28.2 Å². The van der Waals surface area contributed by atoms with Gasteiger partial charge in [-0.15, -0.1) is 0 Å². The van der Waals surface area contributed by atoms with Crippen LogP contribution in [0.5, 0.6) is 0 Å². The van der Waals surface area contributed by atoms with Gasteiger partial charge in [0.2, 0.25) is 0 Å². The number of nitrogens with one attached hydrogen (secondary N) is 2. The largest absolute Gasteiger partial charge is 0.478 e. The molecule has 0 saturated heterocycles. The predicted octanol–water partition coefficient (Wildman–Crippen LogP) is 2.84. The molecule has 1 aromatic rings. The van der Waals surface area contributed by atoms with Crippen molar-refractivity contribution in [1.29, 1.82) is 0 Å². The van der Waals surface area contributed by atoms with Crippen LogP contribution in [-0.2, 0) is 4.74 Å². The lowest BCUT2D eigenvalue weighted by Gasteiger charge is -2.15. The van der Waals surface area contributed by atoms with Crippen LogP contribution in [-0.4, -0.2) is 36.4 Å². The number of rotatable bonds is 4. The average molecular weight is 357 g/mol. The van der Waals surface area contributed by atoms with Gasteiger partial charge in [0.05, 0.1) is 17.4 Å². The quantitative estimate of drug-likeness (QED) is 0.773. The number of carbonyl (C=O) groups is 2. The molecular weight excluding hydrogens is 340 g/mol. The number of urea groups is 1. The molecule has 2 unspecified atom stereocenters. The second-order valence-electron chi connectivity index (χ2n) is 4.96. The third-order valence-corrected chi connectivity index (χ3v) is 4.01. The molecule has 1 fully saturated rings. The number of carboxylic acids is 1. The molecule has 1 saturated carbocycles. The Bertz CT molecular complexity index is 550. The summed E-state index contributed by atoms with van der Waals surface area (Å²) in [6.45, 7) is 0. The Morgan fingerprint density at radius 3 is 2.76 bits per heavy atom. The molecule has 2 amide bonds. The Labute approximate surface area is 131 Å². The highest BCUT2D eigenvalue weighted by molar-refractivity contribution is 9.10. The van der Waals surface area contributed by atoms with Crippen LogP contribution < -0.4 is 10.6 Å². The van der Waals surface area contributed by atoms with E-state index in [1.807, 2.05) is 0 Å². The van der Waals surface area contributed by atoms with Gasteiger partial charge in [0.25, 0.3) is 0 Å². The van der Waals surface area contributed by atoms with Gasteiger partial charge >= 0.3 is 12.0 Å². The zero-order valence-corrected chi connectivity index (χ0v) is 13.1. The second kappa shape index (κ2) is 6.91.